The highest BCUT2D eigenvalue weighted by Gasteiger charge is 2.35. The molecular formula is C14H18FN3O5S. The minimum absolute atomic E-state index is 0.0931. The van der Waals surface area contributed by atoms with E-state index >= 15 is 0 Å². The van der Waals surface area contributed by atoms with Gasteiger partial charge in [-0.25, -0.2) is 13.9 Å². The molecule has 132 valence electrons. The maximum Gasteiger partial charge on any atom is 0.338 e. The SMILES string of the molecule is CN(C)c1cc(C(=O)O)c(F)cc1C(=O)NS(=O)(=O)N(C)C1CC1. The third-order valence-corrected chi connectivity index (χ3v) is 5.20. The number of carbonyl (C=O) groups is 2. The lowest BCUT2D eigenvalue weighted by atomic mass is 10.1. The summed E-state index contributed by atoms with van der Waals surface area (Å²) in [5.74, 6) is -3.63. The maximum absolute atomic E-state index is 13.9. The van der Waals surface area contributed by atoms with Crippen molar-refractivity contribution in [3.63, 3.8) is 0 Å². The summed E-state index contributed by atoms with van der Waals surface area (Å²) in [7, 11) is 0.362. The molecule has 1 aromatic carbocycles. The molecule has 1 fully saturated rings. The quantitative estimate of drug-likeness (QED) is 0.773. The van der Waals surface area contributed by atoms with E-state index in [2.05, 4.69) is 0 Å². The number of nitrogens with one attached hydrogen (secondary N) is 1. The Morgan fingerprint density at radius 3 is 2.25 bits per heavy atom. The van der Waals surface area contributed by atoms with Crippen molar-refractivity contribution in [3.05, 3.63) is 29.1 Å². The topological polar surface area (TPSA) is 107 Å². The van der Waals surface area contributed by atoms with Crippen LogP contribution >= 0.6 is 0 Å². The van der Waals surface area contributed by atoms with Crippen LogP contribution < -0.4 is 9.62 Å². The van der Waals surface area contributed by atoms with Crippen LogP contribution in [0.3, 0.4) is 0 Å². The van der Waals surface area contributed by atoms with Gasteiger partial charge in [-0.05, 0) is 25.0 Å². The van der Waals surface area contributed by atoms with Crippen molar-refractivity contribution in [2.45, 2.75) is 18.9 Å². The fourth-order valence-corrected chi connectivity index (χ4v) is 3.25. The van der Waals surface area contributed by atoms with Crippen LogP contribution in [0.25, 0.3) is 0 Å². The minimum Gasteiger partial charge on any atom is -0.478 e. The Labute approximate surface area is 139 Å². The number of nitrogens with zero attached hydrogens (tertiary/aromatic N) is 2. The van der Waals surface area contributed by atoms with Crippen molar-refractivity contribution in [1.82, 2.24) is 9.03 Å². The second-order valence-electron chi connectivity index (χ2n) is 5.73. The third-order valence-electron chi connectivity index (χ3n) is 3.70. The lowest BCUT2D eigenvalue weighted by molar-refractivity contribution is 0.0691. The number of anilines is 1. The van der Waals surface area contributed by atoms with E-state index in [1.54, 1.807) is 0 Å². The lowest BCUT2D eigenvalue weighted by Crippen LogP contribution is -2.42. The molecule has 0 radical (unpaired) electrons. The van der Waals surface area contributed by atoms with Crippen molar-refractivity contribution in [1.29, 1.82) is 0 Å². The van der Waals surface area contributed by atoms with E-state index in [0.29, 0.717) is 0 Å². The molecular weight excluding hydrogens is 341 g/mol. The summed E-state index contributed by atoms with van der Waals surface area (Å²) in [6.45, 7) is 0. The van der Waals surface area contributed by atoms with Crippen LogP contribution in [0.4, 0.5) is 10.1 Å². The van der Waals surface area contributed by atoms with Gasteiger partial charge in [-0.15, -0.1) is 0 Å². The number of hydrogen-bond donors (Lipinski definition) is 2. The summed E-state index contributed by atoms with van der Waals surface area (Å²) >= 11 is 0. The van der Waals surface area contributed by atoms with Crippen LogP contribution in [0, 0.1) is 5.82 Å². The number of hydrogen-bond acceptors (Lipinski definition) is 5. The van der Waals surface area contributed by atoms with Crippen LogP contribution in [0.15, 0.2) is 12.1 Å². The number of carbonyl (C=O) groups excluding carboxylic acids is 1. The molecule has 0 bridgehead atoms. The van der Waals surface area contributed by atoms with E-state index in [-0.39, 0.29) is 17.3 Å². The van der Waals surface area contributed by atoms with Gasteiger partial charge in [0.15, 0.2) is 0 Å². The number of carboxylic acids is 1. The number of carboxylic acid groups (broad SMARTS) is 1. The van der Waals surface area contributed by atoms with Gasteiger partial charge in [-0.3, -0.25) is 4.79 Å². The highest BCUT2D eigenvalue weighted by Crippen LogP contribution is 2.28. The van der Waals surface area contributed by atoms with Gasteiger partial charge >= 0.3 is 16.2 Å². The first-order chi connectivity index (χ1) is 11.0. The summed E-state index contributed by atoms with van der Waals surface area (Å²) < 4.78 is 41.1. The van der Waals surface area contributed by atoms with Crippen LogP contribution in [-0.4, -0.2) is 56.9 Å². The molecule has 24 heavy (non-hydrogen) atoms. The summed E-state index contributed by atoms with van der Waals surface area (Å²) in [6.07, 6.45) is 1.44. The highest BCUT2D eigenvalue weighted by molar-refractivity contribution is 7.87. The van der Waals surface area contributed by atoms with Gasteiger partial charge in [0, 0.05) is 27.2 Å². The first-order valence-electron chi connectivity index (χ1n) is 7.09. The predicted octanol–water partition coefficient (Wildman–Crippen LogP) is 0.659. The third kappa shape index (κ3) is 3.65. The molecule has 8 nitrogen and oxygen atoms in total. The van der Waals surface area contributed by atoms with Crippen molar-refractivity contribution in [2.24, 2.45) is 0 Å². The van der Waals surface area contributed by atoms with Crippen molar-refractivity contribution < 1.29 is 27.5 Å². The zero-order chi connectivity index (χ0) is 18.2. The molecule has 1 aliphatic rings. The molecule has 0 heterocycles. The van der Waals surface area contributed by atoms with Crippen molar-refractivity contribution in [2.75, 3.05) is 26.0 Å². The van der Waals surface area contributed by atoms with Gasteiger partial charge in [-0.2, -0.15) is 12.7 Å². The molecule has 0 atom stereocenters. The van der Waals surface area contributed by atoms with Gasteiger partial charge < -0.3 is 10.0 Å². The summed E-state index contributed by atoms with van der Waals surface area (Å²) in [5, 5.41) is 8.97. The number of aromatic carboxylic acids is 1. The average Bonchev–Trinajstić information content (AvgIpc) is 3.29. The van der Waals surface area contributed by atoms with Crippen molar-refractivity contribution in [3.8, 4) is 0 Å². The maximum atomic E-state index is 13.9. The molecule has 0 aromatic heterocycles. The number of rotatable bonds is 6. The van der Waals surface area contributed by atoms with Crippen LogP contribution in [-0.2, 0) is 10.2 Å². The Morgan fingerprint density at radius 2 is 1.79 bits per heavy atom. The fourth-order valence-electron chi connectivity index (χ4n) is 2.16. The zero-order valence-electron chi connectivity index (χ0n) is 13.4. The molecule has 1 aliphatic carbocycles. The standard InChI is InChI=1S/C14H18FN3O5S/c1-17(2)12-7-9(14(20)21)11(15)6-10(12)13(19)16-24(22,23)18(3)8-4-5-8/h6-8H,4-5H2,1-3H3,(H,16,19)(H,20,21). The van der Waals surface area contributed by atoms with Gasteiger partial charge in [0.2, 0.25) is 0 Å². The van der Waals surface area contributed by atoms with Gasteiger partial charge in [0.05, 0.1) is 16.8 Å². The smallest absolute Gasteiger partial charge is 0.338 e. The van der Waals surface area contributed by atoms with Crippen LogP contribution in [0.5, 0.6) is 0 Å². The Hall–Kier alpha value is -2.20. The fraction of sp³-hybridized carbons (Fsp3) is 0.429. The van der Waals surface area contributed by atoms with Crippen LogP contribution in [0.1, 0.15) is 33.6 Å². The molecule has 0 spiro atoms. The average molecular weight is 359 g/mol. The van der Waals surface area contributed by atoms with Gasteiger partial charge in [0.1, 0.15) is 5.82 Å². The molecule has 2 N–H and O–H groups in total. The zero-order valence-corrected chi connectivity index (χ0v) is 14.2. The van der Waals surface area contributed by atoms with Gasteiger partial charge in [0.25, 0.3) is 5.91 Å². The van der Waals surface area contributed by atoms with Crippen LogP contribution in [0.2, 0.25) is 0 Å². The second-order valence-corrected chi connectivity index (χ2v) is 7.46. The van der Waals surface area contributed by atoms with E-state index in [1.165, 1.54) is 26.0 Å². The lowest BCUT2D eigenvalue weighted by Gasteiger charge is -2.20. The second kappa shape index (κ2) is 6.36. The summed E-state index contributed by atoms with van der Waals surface area (Å²) in [4.78, 5) is 24.7. The summed E-state index contributed by atoms with van der Waals surface area (Å²) in [5.41, 5.74) is -0.779. The first-order valence-corrected chi connectivity index (χ1v) is 8.53. The molecule has 0 aliphatic heterocycles. The van der Waals surface area contributed by atoms with Gasteiger partial charge in [-0.1, -0.05) is 0 Å². The molecule has 1 saturated carbocycles. The Balaban J connectivity index is 2.38. The number of benzene rings is 1. The first kappa shape index (κ1) is 18.1. The largest absolute Gasteiger partial charge is 0.478 e. The molecule has 0 unspecified atom stereocenters. The Kier molecular flexibility index (Phi) is 4.81. The predicted molar refractivity (Wildman–Crippen MR) is 84.9 cm³/mol. The molecule has 10 heteroatoms. The van der Waals surface area contributed by atoms with E-state index in [9.17, 15) is 22.4 Å². The van der Waals surface area contributed by atoms with E-state index in [4.69, 9.17) is 5.11 Å². The van der Waals surface area contributed by atoms with E-state index in [1.807, 2.05) is 4.72 Å². The summed E-state index contributed by atoms with van der Waals surface area (Å²) in [6, 6.07) is 1.57. The normalized spacial score (nSPS) is 14.5. The molecule has 2 rings (SSSR count). The van der Waals surface area contributed by atoms with E-state index in [0.717, 1.165) is 29.3 Å². The molecule has 0 saturated heterocycles. The molecule has 1 aromatic rings. The van der Waals surface area contributed by atoms with Crippen molar-refractivity contribution >= 4 is 27.8 Å². The number of halogens is 1. The highest BCUT2D eigenvalue weighted by atomic mass is 32.2. The minimum atomic E-state index is -4.05. The molecule has 1 amide bonds. The van der Waals surface area contributed by atoms with E-state index < -0.39 is 33.5 Å². The number of amides is 1. The Bertz CT molecular complexity index is 790. The monoisotopic (exact) mass is 359 g/mol. The Morgan fingerprint density at radius 1 is 1.21 bits per heavy atom.